The van der Waals surface area contributed by atoms with E-state index in [-0.39, 0.29) is 0 Å². The first-order chi connectivity index (χ1) is 4.57. The molecule has 58 valence electrons. The van der Waals surface area contributed by atoms with Crippen molar-refractivity contribution in [3.05, 3.63) is 0 Å². The first-order valence-electron chi connectivity index (χ1n) is 2.51. The second-order valence-corrected chi connectivity index (χ2v) is 1.48. The van der Waals surface area contributed by atoms with Crippen LogP contribution in [-0.4, -0.2) is 30.4 Å². The fourth-order valence-corrected chi connectivity index (χ4v) is 0.306. The van der Waals surface area contributed by atoms with Gasteiger partial charge in [0.2, 0.25) is 0 Å². The second-order valence-electron chi connectivity index (χ2n) is 1.48. The van der Waals surface area contributed by atoms with Gasteiger partial charge in [-0.25, -0.2) is 4.79 Å². The Morgan fingerprint density at radius 1 is 1.50 bits per heavy atom. The molecule has 0 aliphatic carbocycles. The summed E-state index contributed by atoms with van der Waals surface area (Å²) in [6, 6.07) is 0. The molecule has 1 atom stereocenters. The minimum atomic E-state index is -1.80. The number of ether oxygens (including phenoxy) is 2. The summed E-state index contributed by atoms with van der Waals surface area (Å²) < 4.78 is 8.09. The van der Waals surface area contributed by atoms with E-state index >= 15 is 0 Å². The standard InChI is InChI=1S/C5H8O5/c1-3(6)10-5(8)4(7)9-2/h5,8H,1-2H3. The molecule has 0 heterocycles. The van der Waals surface area contributed by atoms with Gasteiger partial charge in [-0.05, 0) is 0 Å². The zero-order chi connectivity index (χ0) is 8.15. The third kappa shape index (κ3) is 3.03. The van der Waals surface area contributed by atoms with Gasteiger partial charge in [0.25, 0.3) is 6.29 Å². The lowest BCUT2D eigenvalue weighted by Crippen LogP contribution is -2.26. The molecular weight excluding hydrogens is 140 g/mol. The van der Waals surface area contributed by atoms with Gasteiger partial charge in [0.05, 0.1) is 7.11 Å². The topological polar surface area (TPSA) is 72.8 Å². The van der Waals surface area contributed by atoms with Crippen LogP contribution in [0.15, 0.2) is 0 Å². The normalized spacial score (nSPS) is 11.9. The van der Waals surface area contributed by atoms with Crippen molar-refractivity contribution in [2.45, 2.75) is 13.2 Å². The molecule has 5 heteroatoms. The van der Waals surface area contributed by atoms with Crippen LogP contribution in [-0.2, 0) is 19.1 Å². The molecule has 0 aromatic carbocycles. The molecule has 1 unspecified atom stereocenters. The minimum absolute atomic E-state index is 0.738. The third-order valence-electron chi connectivity index (χ3n) is 0.680. The summed E-state index contributed by atoms with van der Waals surface area (Å²) in [7, 11) is 1.08. The molecule has 0 bridgehead atoms. The summed E-state index contributed by atoms with van der Waals surface area (Å²) in [5.41, 5.74) is 0. The van der Waals surface area contributed by atoms with E-state index in [1.165, 1.54) is 0 Å². The van der Waals surface area contributed by atoms with Crippen LogP contribution in [0.1, 0.15) is 6.92 Å². The maximum atomic E-state index is 10.3. The highest BCUT2D eigenvalue weighted by molar-refractivity contribution is 5.76. The highest BCUT2D eigenvalue weighted by Gasteiger charge is 2.17. The molecule has 0 amide bonds. The van der Waals surface area contributed by atoms with Crippen LogP contribution in [0.3, 0.4) is 0 Å². The molecule has 0 aromatic rings. The Kier molecular flexibility index (Phi) is 3.42. The monoisotopic (exact) mass is 148 g/mol. The smallest absolute Gasteiger partial charge is 0.375 e. The molecule has 0 aromatic heterocycles. The van der Waals surface area contributed by atoms with Crippen molar-refractivity contribution in [1.82, 2.24) is 0 Å². The third-order valence-corrected chi connectivity index (χ3v) is 0.680. The molecule has 5 nitrogen and oxygen atoms in total. The molecule has 0 aliphatic heterocycles. The van der Waals surface area contributed by atoms with Gasteiger partial charge < -0.3 is 14.6 Å². The fourth-order valence-electron chi connectivity index (χ4n) is 0.306. The highest BCUT2D eigenvalue weighted by atomic mass is 16.7. The Morgan fingerprint density at radius 3 is 2.30 bits per heavy atom. The van der Waals surface area contributed by atoms with Gasteiger partial charge in [0.15, 0.2) is 0 Å². The molecular formula is C5H8O5. The number of aliphatic hydroxyl groups excluding tert-OH is 1. The van der Waals surface area contributed by atoms with E-state index in [1.807, 2.05) is 0 Å². The van der Waals surface area contributed by atoms with Gasteiger partial charge in [0.1, 0.15) is 0 Å². The summed E-state index contributed by atoms with van der Waals surface area (Å²) in [6.45, 7) is 1.08. The molecule has 0 aliphatic rings. The molecule has 0 rings (SSSR count). The van der Waals surface area contributed by atoms with Crippen molar-refractivity contribution in [3.8, 4) is 0 Å². The van der Waals surface area contributed by atoms with Crippen molar-refractivity contribution in [2.75, 3.05) is 7.11 Å². The lowest BCUT2D eigenvalue weighted by molar-refractivity contribution is -0.187. The minimum Gasteiger partial charge on any atom is -0.464 e. The number of carbonyl (C=O) groups is 2. The van der Waals surface area contributed by atoms with Crippen LogP contribution in [0, 0.1) is 0 Å². The lowest BCUT2D eigenvalue weighted by atomic mass is 10.6. The summed E-state index contributed by atoms with van der Waals surface area (Å²) >= 11 is 0. The summed E-state index contributed by atoms with van der Waals surface area (Å²) in [6.07, 6.45) is -1.80. The van der Waals surface area contributed by atoms with Gasteiger partial charge in [0, 0.05) is 6.92 Å². The lowest BCUT2D eigenvalue weighted by Gasteiger charge is -2.06. The van der Waals surface area contributed by atoms with Gasteiger partial charge >= 0.3 is 11.9 Å². The number of methoxy groups -OCH3 is 1. The molecule has 0 saturated heterocycles. The Bertz CT molecular complexity index is 141. The van der Waals surface area contributed by atoms with Crippen LogP contribution < -0.4 is 0 Å². The first kappa shape index (κ1) is 8.90. The number of rotatable bonds is 2. The Hall–Kier alpha value is -1.10. The molecule has 10 heavy (non-hydrogen) atoms. The number of hydrogen-bond acceptors (Lipinski definition) is 5. The molecule has 0 radical (unpaired) electrons. The average Bonchev–Trinajstić information content (AvgIpc) is 1.85. The van der Waals surface area contributed by atoms with Gasteiger partial charge in [-0.2, -0.15) is 0 Å². The number of esters is 2. The molecule has 1 N–H and O–H groups in total. The van der Waals surface area contributed by atoms with E-state index in [0.717, 1.165) is 14.0 Å². The van der Waals surface area contributed by atoms with Crippen LogP contribution in [0.4, 0.5) is 0 Å². The van der Waals surface area contributed by atoms with E-state index in [0.29, 0.717) is 0 Å². The van der Waals surface area contributed by atoms with Crippen LogP contribution >= 0.6 is 0 Å². The maximum absolute atomic E-state index is 10.3. The van der Waals surface area contributed by atoms with Crippen molar-refractivity contribution >= 4 is 11.9 Å². The summed E-state index contributed by atoms with van der Waals surface area (Å²) in [5, 5.41) is 8.57. The van der Waals surface area contributed by atoms with E-state index in [1.54, 1.807) is 0 Å². The van der Waals surface area contributed by atoms with Crippen molar-refractivity contribution in [1.29, 1.82) is 0 Å². The van der Waals surface area contributed by atoms with Crippen molar-refractivity contribution in [3.63, 3.8) is 0 Å². The van der Waals surface area contributed by atoms with E-state index in [9.17, 15) is 9.59 Å². The predicted octanol–water partition coefficient (Wildman–Crippen LogP) is -0.959. The second kappa shape index (κ2) is 3.84. The quantitative estimate of drug-likeness (QED) is 0.403. The van der Waals surface area contributed by atoms with E-state index < -0.39 is 18.2 Å². The van der Waals surface area contributed by atoms with E-state index in [4.69, 9.17) is 5.11 Å². The zero-order valence-corrected chi connectivity index (χ0v) is 5.66. The van der Waals surface area contributed by atoms with Crippen LogP contribution in [0.2, 0.25) is 0 Å². The van der Waals surface area contributed by atoms with Crippen molar-refractivity contribution in [2.24, 2.45) is 0 Å². The largest absolute Gasteiger partial charge is 0.464 e. The Morgan fingerprint density at radius 2 is 2.00 bits per heavy atom. The Balaban J connectivity index is 3.72. The van der Waals surface area contributed by atoms with Gasteiger partial charge in [-0.3, -0.25) is 4.79 Å². The number of hydrogen-bond donors (Lipinski definition) is 1. The zero-order valence-electron chi connectivity index (χ0n) is 5.66. The molecule has 0 fully saturated rings. The summed E-state index contributed by atoms with van der Waals surface area (Å²) in [4.78, 5) is 20.4. The predicted molar refractivity (Wildman–Crippen MR) is 29.8 cm³/mol. The molecule has 0 spiro atoms. The van der Waals surface area contributed by atoms with E-state index in [2.05, 4.69) is 9.47 Å². The SMILES string of the molecule is COC(=O)C(O)OC(C)=O. The number of aliphatic hydroxyl groups is 1. The Labute approximate surface area is 57.5 Å². The molecule has 0 saturated carbocycles. The fraction of sp³-hybridized carbons (Fsp3) is 0.600. The summed E-state index contributed by atoms with van der Waals surface area (Å²) in [5.74, 6) is -1.73. The van der Waals surface area contributed by atoms with Crippen LogP contribution in [0.5, 0.6) is 0 Å². The maximum Gasteiger partial charge on any atom is 0.375 e. The first-order valence-corrected chi connectivity index (χ1v) is 2.51. The van der Waals surface area contributed by atoms with Crippen molar-refractivity contribution < 1.29 is 24.2 Å². The van der Waals surface area contributed by atoms with Gasteiger partial charge in [-0.15, -0.1) is 0 Å². The average molecular weight is 148 g/mol. The van der Waals surface area contributed by atoms with Gasteiger partial charge in [-0.1, -0.05) is 0 Å². The number of carbonyl (C=O) groups excluding carboxylic acids is 2. The van der Waals surface area contributed by atoms with Crippen LogP contribution in [0.25, 0.3) is 0 Å². The highest BCUT2D eigenvalue weighted by Crippen LogP contribution is 1.89.